The molecule has 0 radical (unpaired) electrons. The van der Waals surface area contributed by atoms with Crippen molar-refractivity contribution in [3.8, 4) is 11.5 Å². The Bertz CT molecular complexity index is 739. The number of morpholine rings is 1. The molecular formula is C20H27IN4O3. The highest BCUT2D eigenvalue weighted by atomic mass is 127. The molecule has 1 heterocycles. The van der Waals surface area contributed by atoms with Crippen molar-refractivity contribution in [2.45, 2.75) is 6.10 Å². The Morgan fingerprint density at radius 2 is 1.86 bits per heavy atom. The first-order valence-electron chi connectivity index (χ1n) is 9.07. The van der Waals surface area contributed by atoms with Crippen molar-refractivity contribution in [2.75, 3.05) is 44.7 Å². The lowest BCUT2D eigenvalue weighted by Gasteiger charge is -2.28. The van der Waals surface area contributed by atoms with Gasteiger partial charge in [0.15, 0.2) is 5.96 Å². The van der Waals surface area contributed by atoms with Gasteiger partial charge in [-0.15, -0.1) is 24.0 Å². The SMILES string of the molecule is I.NC(=NCC(O)CN1CCOCC1)Nc1cccc(Oc2ccccc2)c1. The van der Waals surface area contributed by atoms with Gasteiger partial charge in [0, 0.05) is 31.4 Å². The predicted molar refractivity (Wildman–Crippen MR) is 122 cm³/mol. The molecule has 0 saturated carbocycles. The van der Waals surface area contributed by atoms with Crippen molar-refractivity contribution in [1.29, 1.82) is 0 Å². The summed E-state index contributed by atoms with van der Waals surface area (Å²) >= 11 is 0. The van der Waals surface area contributed by atoms with Gasteiger partial charge >= 0.3 is 0 Å². The number of anilines is 1. The van der Waals surface area contributed by atoms with Crippen molar-refractivity contribution >= 4 is 35.6 Å². The van der Waals surface area contributed by atoms with E-state index in [0.717, 1.165) is 24.5 Å². The zero-order chi connectivity index (χ0) is 18.9. The summed E-state index contributed by atoms with van der Waals surface area (Å²) < 4.78 is 11.1. The van der Waals surface area contributed by atoms with Crippen LogP contribution in [0.2, 0.25) is 0 Å². The molecule has 1 atom stereocenters. The van der Waals surface area contributed by atoms with Crippen LogP contribution in [-0.4, -0.2) is 61.5 Å². The minimum Gasteiger partial charge on any atom is -0.457 e. The molecule has 0 spiro atoms. The largest absolute Gasteiger partial charge is 0.457 e. The maximum absolute atomic E-state index is 10.1. The molecule has 1 aliphatic heterocycles. The van der Waals surface area contributed by atoms with Gasteiger partial charge in [-0.2, -0.15) is 0 Å². The Labute approximate surface area is 182 Å². The molecule has 28 heavy (non-hydrogen) atoms. The number of nitrogens with one attached hydrogen (secondary N) is 1. The van der Waals surface area contributed by atoms with E-state index in [4.69, 9.17) is 15.2 Å². The third-order valence-electron chi connectivity index (χ3n) is 4.13. The van der Waals surface area contributed by atoms with Gasteiger partial charge in [-0.05, 0) is 24.3 Å². The summed E-state index contributed by atoms with van der Waals surface area (Å²) in [5.74, 6) is 1.72. The van der Waals surface area contributed by atoms with Gasteiger partial charge in [0.25, 0.3) is 0 Å². The first-order chi connectivity index (χ1) is 13.2. The van der Waals surface area contributed by atoms with Crippen LogP contribution >= 0.6 is 24.0 Å². The summed E-state index contributed by atoms with van der Waals surface area (Å²) in [6.07, 6.45) is -0.559. The lowest BCUT2D eigenvalue weighted by molar-refractivity contribution is 0.0165. The summed E-state index contributed by atoms with van der Waals surface area (Å²) in [7, 11) is 0. The number of β-amino-alcohol motifs (C(OH)–C–C–N with tert-alkyl or cyclic N) is 1. The summed E-state index contributed by atoms with van der Waals surface area (Å²) in [5, 5.41) is 13.2. The van der Waals surface area contributed by atoms with E-state index in [9.17, 15) is 5.11 Å². The van der Waals surface area contributed by atoms with Crippen molar-refractivity contribution in [2.24, 2.45) is 10.7 Å². The number of aliphatic imine (C=N–C) groups is 1. The molecule has 0 bridgehead atoms. The van der Waals surface area contributed by atoms with E-state index in [1.54, 1.807) is 0 Å². The van der Waals surface area contributed by atoms with E-state index in [1.165, 1.54) is 0 Å². The normalized spacial score (nSPS) is 16.1. The van der Waals surface area contributed by atoms with E-state index in [2.05, 4.69) is 15.2 Å². The van der Waals surface area contributed by atoms with E-state index in [1.807, 2.05) is 54.6 Å². The minimum atomic E-state index is -0.559. The number of para-hydroxylation sites is 1. The standard InChI is InChI=1S/C20H26N4O3.HI/c21-20(22-14-17(25)15-24-9-11-26-12-10-24)23-16-5-4-8-19(13-16)27-18-6-2-1-3-7-18;/h1-8,13,17,25H,9-12,14-15H2,(H3,21,22,23);1H. The molecule has 3 rings (SSSR count). The molecule has 2 aromatic rings. The second-order valence-corrected chi connectivity index (χ2v) is 6.36. The molecule has 2 aromatic carbocycles. The third kappa shape index (κ3) is 7.63. The Kier molecular flexibility index (Phi) is 9.48. The Morgan fingerprint density at radius 1 is 1.14 bits per heavy atom. The number of rotatable bonds is 7. The van der Waals surface area contributed by atoms with Crippen LogP contribution in [0.15, 0.2) is 59.6 Å². The second kappa shape index (κ2) is 11.8. The fraction of sp³-hybridized carbons (Fsp3) is 0.350. The van der Waals surface area contributed by atoms with Gasteiger partial charge < -0.3 is 25.6 Å². The second-order valence-electron chi connectivity index (χ2n) is 6.36. The molecule has 7 nitrogen and oxygen atoms in total. The number of nitrogens with zero attached hydrogens (tertiary/aromatic N) is 2. The lowest BCUT2D eigenvalue weighted by Crippen LogP contribution is -2.42. The predicted octanol–water partition coefficient (Wildman–Crippen LogP) is 2.52. The third-order valence-corrected chi connectivity index (χ3v) is 4.13. The highest BCUT2D eigenvalue weighted by Crippen LogP contribution is 2.23. The van der Waals surface area contributed by atoms with Crippen molar-refractivity contribution < 1.29 is 14.6 Å². The first kappa shape index (κ1) is 22.4. The van der Waals surface area contributed by atoms with Gasteiger partial charge in [0.2, 0.25) is 0 Å². The number of aliphatic hydroxyl groups is 1. The van der Waals surface area contributed by atoms with Gasteiger partial charge in [-0.25, -0.2) is 0 Å². The number of ether oxygens (including phenoxy) is 2. The lowest BCUT2D eigenvalue weighted by atomic mass is 10.3. The maximum Gasteiger partial charge on any atom is 0.193 e. The van der Waals surface area contributed by atoms with Crippen LogP contribution in [0.3, 0.4) is 0 Å². The number of guanidine groups is 1. The molecule has 1 aliphatic rings. The summed E-state index contributed by atoms with van der Waals surface area (Å²) in [4.78, 5) is 6.40. The summed E-state index contributed by atoms with van der Waals surface area (Å²) in [6.45, 7) is 3.91. The Balaban J connectivity index is 0.00000280. The maximum atomic E-state index is 10.1. The zero-order valence-electron chi connectivity index (χ0n) is 15.7. The van der Waals surface area contributed by atoms with Crippen LogP contribution in [0.5, 0.6) is 11.5 Å². The van der Waals surface area contributed by atoms with E-state index >= 15 is 0 Å². The molecule has 0 aromatic heterocycles. The number of aliphatic hydroxyl groups excluding tert-OH is 1. The van der Waals surface area contributed by atoms with Crippen LogP contribution in [0.1, 0.15) is 0 Å². The molecule has 8 heteroatoms. The molecule has 1 unspecified atom stereocenters. The van der Waals surface area contributed by atoms with E-state index in [-0.39, 0.29) is 36.5 Å². The highest BCUT2D eigenvalue weighted by Gasteiger charge is 2.14. The van der Waals surface area contributed by atoms with Crippen LogP contribution in [0.25, 0.3) is 0 Å². The highest BCUT2D eigenvalue weighted by molar-refractivity contribution is 14.0. The smallest absolute Gasteiger partial charge is 0.193 e. The summed E-state index contributed by atoms with van der Waals surface area (Å²) in [6, 6.07) is 17.0. The monoisotopic (exact) mass is 498 g/mol. The number of hydrogen-bond acceptors (Lipinski definition) is 5. The van der Waals surface area contributed by atoms with Crippen LogP contribution in [0, 0.1) is 0 Å². The van der Waals surface area contributed by atoms with Crippen LogP contribution < -0.4 is 15.8 Å². The number of hydrogen-bond donors (Lipinski definition) is 3. The van der Waals surface area contributed by atoms with E-state index < -0.39 is 6.10 Å². The topological polar surface area (TPSA) is 92.3 Å². The van der Waals surface area contributed by atoms with E-state index in [0.29, 0.717) is 25.5 Å². The summed E-state index contributed by atoms with van der Waals surface area (Å²) in [5.41, 5.74) is 6.71. The Hall–Kier alpha value is -1.88. The quantitative estimate of drug-likeness (QED) is 0.309. The number of nitrogens with two attached hydrogens (primary N) is 1. The van der Waals surface area contributed by atoms with Gasteiger partial charge in [-0.3, -0.25) is 9.89 Å². The fourth-order valence-corrected chi connectivity index (χ4v) is 2.79. The van der Waals surface area contributed by atoms with Gasteiger partial charge in [-0.1, -0.05) is 24.3 Å². The molecule has 0 aliphatic carbocycles. The average molecular weight is 498 g/mol. The Morgan fingerprint density at radius 3 is 2.61 bits per heavy atom. The van der Waals surface area contributed by atoms with Gasteiger partial charge in [0.05, 0.1) is 25.9 Å². The number of benzene rings is 2. The molecule has 4 N–H and O–H groups in total. The van der Waals surface area contributed by atoms with Crippen molar-refractivity contribution in [3.63, 3.8) is 0 Å². The van der Waals surface area contributed by atoms with Crippen molar-refractivity contribution in [1.82, 2.24) is 4.90 Å². The van der Waals surface area contributed by atoms with Gasteiger partial charge in [0.1, 0.15) is 11.5 Å². The first-order valence-corrected chi connectivity index (χ1v) is 9.07. The van der Waals surface area contributed by atoms with Crippen LogP contribution in [-0.2, 0) is 4.74 Å². The molecule has 152 valence electrons. The average Bonchev–Trinajstić information content (AvgIpc) is 2.68. The molecule has 1 fully saturated rings. The fourth-order valence-electron chi connectivity index (χ4n) is 2.79. The van der Waals surface area contributed by atoms with Crippen LogP contribution in [0.4, 0.5) is 5.69 Å². The minimum absolute atomic E-state index is 0. The zero-order valence-corrected chi connectivity index (χ0v) is 18.0. The molecular weight excluding hydrogens is 471 g/mol. The number of halogens is 1. The molecule has 1 saturated heterocycles. The van der Waals surface area contributed by atoms with Crippen molar-refractivity contribution in [3.05, 3.63) is 54.6 Å². The molecule has 0 amide bonds.